The standard InChI is InChI=1S/C30H34N2O6S/c1-36-25-15-14-20(18-26(25)37-2)28(29(34)31-22-10-5-4-6-11-22)32(27(33)19-24-13-8-16-39-24)23-12-7-9-21(17-23)30(35)38-3/h7-9,12-18,22,28H,4-6,10-11,19H2,1-3H3,(H,31,34)/t28-/m0/s1. The molecule has 1 aliphatic rings. The average Bonchev–Trinajstić information content (AvgIpc) is 3.48. The summed E-state index contributed by atoms with van der Waals surface area (Å²) in [6.07, 6.45) is 5.14. The molecule has 1 aliphatic carbocycles. The Hall–Kier alpha value is -3.85. The zero-order valence-electron chi connectivity index (χ0n) is 22.5. The van der Waals surface area contributed by atoms with E-state index in [1.54, 1.807) is 49.6 Å². The number of methoxy groups -OCH3 is 3. The van der Waals surface area contributed by atoms with Crippen LogP contribution in [-0.2, 0) is 20.7 Å². The number of thiophene rings is 1. The van der Waals surface area contributed by atoms with E-state index in [1.807, 2.05) is 17.5 Å². The number of hydrogen-bond donors (Lipinski definition) is 1. The summed E-state index contributed by atoms with van der Waals surface area (Å²) in [6.45, 7) is 0. The third kappa shape index (κ3) is 6.78. The Morgan fingerprint density at radius 2 is 1.72 bits per heavy atom. The Balaban J connectivity index is 1.84. The van der Waals surface area contributed by atoms with Crippen LogP contribution in [0.3, 0.4) is 0 Å². The van der Waals surface area contributed by atoms with Gasteiger partial charge in [-0.3, -0.25) is 14.5 Å². The number of anilines is 1. The van der Waals surface area contributed by atoms with Crippen LogP contribution in [0.1, 0.15) is 58.9 Å². The minimum atomic E-state index is -1.02. The van der Waals surface area contributed by atoms with Crippen molar-refractivity contribution in [1.82, 2.24) is 5.32 Å². The fourth-order valence-corrected chi connectivity index (χ4v) is 5.65. The van der Waals surface area contributed by atoms with E-state index in [1.165, 1.54) is 30.5 Å². The molecule has 1 saturated carbocycles. The van der Waals surface area contributed by atoms with Crippen molar-refractivity contribution in [1.29, 1.82) is 0 Å². The summed E-state index contributed by atoms with van der Waals surface area (Å²) in [5, 5.41) is 5.11. The van der Waals surface area contributed by atoms with Crippen LogP contribution in [0.4, 0.5) is 5.69 Å². The monoisotopic (exact) mass is 550 g/mol. The van der Waals surface area contributed by atoms with Gasteiger partial charge in [-0.05, 0) is 60.2 Å². The highest BCUT2D eigenvalue weighted by Crippen LogP contribution is 2.35. The molecule has 0 unspecified atom stereocenters. The smallest absolute Gasteiger partial charge is 0.337 e. The molecule has 1 atom stereocenters. The number of esters is 1. The topological polar surface area (TPSA) is 94.2 Å². The van der Waals surface area contributed by atoms with E-state index in [0.29, 0.717) is 22.7 Å². The third-order valence-electron chi connectivity index (χ3n) is 6.90. The predicted octanol–water partition coefficient (Wildman–Crippen LogP) is 5.32. The van der Waals surface area contributed by atoms with Crippen LogP contribution in [0.2, 0.25) is 0 Å². The molecule has 39 heavy (non-hydrogen) atoms. The van der Waals surface area contributed by atoms with Crippen LogP contribution < -0.4 is 19.7 Å². The van der Waals surface area contributed by atoms with Gasteiger partial charge in [0.05, 0.1) is 33.3 Å². The summed E-state index contributed by atoms with van der Waals surface area (Å²) < 4.78 is 15.9. The van der Waals surface area contributed by atoms with Crippen LogP contribution in [-0.4, -0.2) is 45.2 Å². The van der Waals surface area contributed by atoms with Gasteiger partial charge in [0, 0.05) is 16.6 Å². The zero-order valence-corrected chi connectivity index (χ0v) is 23.3. The van der Waals surface area contributed by atoms with Crippen LogP contribution in [0.25, 0.3) is 0 Å². The first-order valence-corrected chi connectivity index (χ1v) is 13.9. The third-order valence-corrected chi connectivity index (χ3v) is 7.78. The number of nitrogens with one attached hydrogen (secondary N) is 1. The van der Waals surface area contributed by atoms with Crippen molar-refractivity contribution in [3.8, 4) is 11.5 Å². The molecule has 1 N–H and O–H groups in total. The van der Waals surface area contributed by atoms with Crippen molar-refractivity contribution in [2.24, 2.45) is 0 Å². The molecule has 206 valence electrons. The van der Waals surface area contributed by atoms with Crippen molar-refractivity contribution in [2.45, 2.75) is 50.6 Å². The molecule has 0 radical (unpaired) electrons. The summed E-state index contributed by atoms with van der Waals surface area (Å²) >= 11 is 1.47. The fourth-order valence-electron chi connectivity index (χ4n) is 4.95. The van der Waals surface area contributed by atoms with Gasteiger partial charge in [-0.2, -0.15) is 0 Å². The summed E-state index contributed by atoms with van der Waals surface area (Å²) in [5.41, 5.74) is 1.25. The first-order valence-electron chi connectivity index (χ1n) is 13.0. The molecular formula is C30H34N2O6S. The number of amides is 2. The van der Waals surface area contributed by atoms with Gasteiger partial charge in [-0.15, -0.1) is 11.3 Å². The maximum atomic E-state index is 14.1. The molecule has 1 heterocycles. The summed E-state index contributed by atoms with van der Waals surface area (Å²) in [5.74, 6) is -0.150. The van der Waals surface area contributed by atoms with Gasteiger partial charge in [0.25, 0.3) is 0 Å². The molecule has 1 aromatic heterocycles. The first-order chi connectivity index (χ1) is 18.9. The number of benzene rings is 2. The molecule has 0 aliphatic heterocycles. The predicted molar refractivity (Wildman–Crippen MR) is 151 cm³/mol. The van der Waals surface area contributed by atoms with E-state index in [9.17, 15) is 14.4 Å². The summed E-state index contributed by atoms with van der Waals surface area (Å²) in [4.78, 5) is 42.8. The molecule has 4 rings (SSSR count). The molecule has 0 saturated heterocycles. The Morgan fingerprint density at radius 1 is 0.949 bits per heavy atom. The van der Waals surface area contributed by atoms with E-state index in [2.05, 4.69) is 5.32 Å². The Kier molecular flexibility index (Phi) is 9.59. The molecule has 0 bridgehead atoms. The van der Waals surface area contributed by atoms with Crippen LogP contribution in [0, 0.1) is 0 Å². The number of carbonyl (C=O) groups excluding carboxylic acids is 3. The van der Waals surface area contributed by atoms with Crippen molar-refractivity contribution in [3.05, 3.63) is 76.0 Å². The number of hydrogen-bond acceptors (Lipinski definition) is 7. The highest BCUT2D eigenvalue weighted by atomic mass is 32.1. The second-order valence-corrected chi connectivity index (χ2v) is 10.5. The van der Waals surface area contributed by atoms with Crippen LogP contribution >= 0.6 is 11.3 Å². The molecule has 0 spiro atoms. The highest BCUT2D eigenvalue weighted by molar-refractivity contribution is 7.10. The van der Waals surface area contributed by atoms with Gasteiger partial charge in [0.2, 0.25) is 11.8 Å². The minimum Gasteiger partial charge on any atom is -0.493 e. The highest BCUT2D eigenvalue weighted by Gasteiger charge is 2.35. The van der Waals surface area contributed by atoms with E-state index in [-0.39, 0.29) is 29.8 Å². The Morgan fingerprint density at radius 3 is 2.38 bits per heavy atom. The van der Waals surface area contributed by atoms with Gasteiger partial charge >= 0.3 is 5.97 Å². The zero-order chi connectivity index (χ0) is 27.8. The van der Waals surface area contributed by atoms with Crippen molar-refractivity contribution < 1.29 is 28.6 Å². The Labute approximate surface area is 232 Å². The lowest BCUT2D eigenvalue weighted by molar-refractivity contribution is -0.127. The van der Waals surface area contributed by atoms with E-state index >= 15 is 0 Å². The molecule has 1 fully saturated rings. The maximum Gasteiger partial charge on any atom is 0.337 e. The SMILES string of the molecule is COC(=O)c1cccc(N(C(=O)Cc2cccs2)[C@H](C(=O)NC2CCCCC2)c2ccc(OC)c(OC)c2)c1. The normalized spacial score (nSPS) is 14.2. The second kappa shape index (κ2) is 13.3. The molecule has 9 heteroatoms. The molecule has 8 nitrogen and oxygen atoms in total. The van der Waals surface area contributed by atoms with Gasteiger partial charge in [-0.25, -0.2) is 4.79 Å². The first kappa shape index (κ1) is 28.2. The molecule has 2 aromatic carbocycles. The fraction of sp³-hybridized carbons (Fsp3) is 0.367. The van der Waals surface area contributed by atoms with Crippen LogP contribution in [0.15, 0.2) is 60.0 Å². The lowest BCUT2D eigenvalue weighted by atomic mass is 9.94. The number of ether oxygens (including phenoxy) is 3. The second-order valence-electron chi connectivity index (χ2n) is 9.42. The lowest BCUT2D eigenvalue weighted by Crippen LogP contribution is -2.47. The van der Waals surface area contributed by atoms with Gasteiger partial charge < -0.3 is 19.5 Å². The molecular weight excluding hydrogens is 516 g/mol. The molecule has 2 amide bonds. The van der Waals surface area contributed by atoms with Gasteiger partial charge in [-0.1, -0.05) is 37.5 Å². The lowest BCUT2D eigenvalue weighted by Gasteiger charge is -2.34. The summed E-state index contributed by atoms with van der Waals surface area (Å²) in [6, 6.07) is 14.6. The minimum absolute atomic E-state index is 0.0320. The quantitative estimate of drug-likeness (QED) is 0.344. The number of nitrogens with zero attached hydrogens (tertiary/aromatic N) is 1. The van der Waals surface area contributed by atoms with Gasteiger partial charge in [0.1, 0.15) is 6.04 Å². The number of rotatable bonds is 10. The van der Waals surface area contributed by atoms with Gasteiger partial charge in [0.15, 0.2) is 11.5 Å². The summed E-state index contributed by atoms with van der Waals surface area (Å²) in [7, 11) is 4.37. The van der Waals surface area contributed by atoms with E-state index < -0.39 is 12.0 Å². The largest absolute Gasteiger partial charge is 0.493 e. The van der Waals surface area contributed by atoms with E-state index in [4.69, 9.17) is 14.2 Å². The maximum absolute atomic E-state index is 14.1. The van der Waals surface area contributed by atoms with Crippen LogP contribution in [0.5, 0.6) is 11.5 Å². The van der Waals surface area contributed by atoms with Crippen molar-refractivity contribution in [3.63, 3.8) is 0 Å². The van der Waals surface area contributed by atoms with Crippen molar-refractivity contribution in [2.75, 3.05) is 26.2 Å². The van der Waals surface area contributed by atoms with Crippen molar-refractivity contribution >= 4 is 34.8 Å². The number of carbonyl (C=O) groups is 3. The Bertz CT molecular complexity index is 1290. The average molecular weight is 551 g/mol. The molecule has 3 aromatic rings. The van der Waals surface area contributed by atoms with E-state index in [0.717, 1.165) is 37.0 Å².